The van der Waals surface area contributed by atoms with Crippen LogP contribution in [0.2, 0.25) is 5.02 Å². The fourth-order valence-electron chi connectivity index (χ4n) is 1.84. The molecule has 1 aromatic heterocycles. The van der Waals surface area contributed by atoms with Gasteiger partial charge in [0.15, 0.2) is 0 Å². The van der Waals surface area contributed by atoms with Crippen LogP contribution >= 0.6 is 22.9 Å². The number of amides is 1. The third-order valence-electron chi connectivity index (χ3n) is 2.89. The predicted molar refractivity (Wildman–Crippen MR) is 86.5 cm³/mol. The molecule has 7 nitrogen and oxygen atoms in total. The van der Waals surface area contributed by atoms with Crippen LogP contribution in [0.5, 0.6) is 0 Å². The van der Waals surface area contributed by atoms with E-state index in [0.29, 0.717) is 5.00 Å². The summed E-state index contributed by atoms with van der Waals surface area (Å²) in [5, 5.41) is 13.7. The van der Waals surface area contributed by atoms with Gasteiger partial charge >= 0.3 is 5.97 Å². The van der Waals surface area contributed by atoms with E-state index >= 15 is 0 Å². The summed E-state index contributed by atoms with van der Waals surface area (Å²) in [4.78, 5) is 34.9. The smallest absolute Gasteiger partial charge is 0.340 e. The SMILES string of the molecule is COC(=O)c1cc(C)sc1NC(=O)c1ccc(Cl)c([N+](=O)[O-])c1. The molecule has 0 aliphatic heterocycles. The van der Waals surface area contributed by atoms with E-state index in [2.05, 4.69) is 10.1 Å². The molecule has 0 bridgehead atoms. The van der Waals surface area contributed by atoms with E-state index in [1.807, 2.05) is 0 Å². The molecule has 0 aliphatic carbocycles. The molecule has 0 saturated heterocycles. The normalized spacial score (nSPS) is 10.2. The Balaban J connectivity index is 2.31. The van der Waals surface area contributed by atoms with Crippen molar-refractivity contribution >= 4 is 45.5 Å². The highest BCUT2D eigenvalue weighted by Crippen LogP contribution is 2.30. The molecule has 0 saturated carbocycles. The average Bonchev–Trinajstić information content (AvgIpc) is 2.87. The molecule has 0 radical (unpaired) electrons. The number of benzene rings is 1. The second-order valence-corrected chi connectivity index (χ2v) is 6.13. The fourth-order valence-corrected chi connectivity index (χ4v) is 2.92. The van der Waals surface area contributed by atoms with Gasteiger partial charge in [-0.25, -0.2) is 4.79 Å². The minimum atomic E-state index is -0.672. The molecule has 1 heterocycles. The first kappa shape index (κ1) is 16.9. The third kappa shape index (κ3) is 3.66. The van der Waals surface area contributed by atoms with Crippen molar-refractivity contribution < 1.29 is 19.2 Å². The number of hydrogen-bond acceptors (Lipinski definition) is 6. The molecule has 2 aromatic rings. The lowest BCUT2D eigenvalue weighted by molar-refractivity contribution is -0.384. The fraction of sp³-hybridized carbons (Fsp3) is 0.143. The second kappa shape index (κ2) is 6.76. The van der Waals surface area contributed by atoms with Gasteiger partial charge in [0.25, 0.3) is 11.6 Å². The Kier molecular flexibility index (Phi) is 4.97. The van der Waals surface area contributed by atoms with Crippen molar-refractivity contribution in [2.75, 3.05) is 12.4 Å². The van der Waals surface area contributed by atoms with Crippen molar-refractivity contribution in [2.24, 2.45) is 0 Å². The van der Waals surface area contributed by atoms with E-state index in [1.165, 1.54) is 30.6 Å². The van der Waals surface area contributed by atoms with Gasteiger partial charge in [0.1, 0.15) is 10.0 Å². The number of carbonyl (C=O) groups excluding carboxylic acids is 2. The number of nitro benzene ring substituents is 1. The van der Waals surface area contributed by atoms with Crippen molar-refractivity contribution in [1.29, 1.82) is 0 Å². The maximum absolute atomic E-state index is 12.3. The lowest BCUT2D eigenvalue weighted by Crippen LogP contribution is -2.14. The Morgan fingerprint density at radius 1 is 1.35 bits per heavy atom. The molecule has 0 fully saturated rings. The zero-order valence-electron chi connectivity index (χ0n) is 12.1. The van der Waals surface area contributed by atoms with Gasteiger partial charge in [-0.2, -0.15) is 0 Å². The molecule has 120 valence electrons. The number of methoxy groups -OCH3 is 1. The van der Waals surface area contributed by atoms with Gasteiger partial charge in [-0.3, -0.25) is 14.9 Å². The highest BCUT2D eigenvalue weighted by atomic mass is 35.5. The van der Waals surface area contributed by atoms with Crippen LogP contribution in [0.4, 0.5) is 10.7 Å². The predicted octanol–water partition coefficient (Wildman–Crippen LogP) is 3.66. The number of aryl methyl sites for hydroxylation is 1. The second-order valence-electron chi connectivity index (χ2n) is 4.47. The number of carbonyl (C=O) groups is 2. The molecular formula is C14H11ClN2O5S. The van der Waals surface area contributed by atoms with Crippen LogP contribution in [0.25, 0.3) is 0 Å². The van der Waals surface area contributed by atoms with Gasteiger partial charge in [0.05, 0.1) is 17.6 Å². The van der Waals surface area contributed by atoms with Gasteiger partial charge in [-0.1, -0.05) is 11.6 Å². The average molecular weight is 355 g/mol. The summed E-state index contributed by atoms with van der Waals surface area (Å²) in [5.74, 6) is -1.16. The highest BCUT2D eigenvalue weighted by Gasteiger charge is 2.20. The number of rotatable bonds is 4. The van der Waals surface area contributed by atoms with Crippen LogP contribution in [-0.4, -0.2) is 23.9 Å². The van der Waals surface area contributed by atoms with Gasteiger partial charge < -0.3 is 10.1 Å². The largest absolute Gasteiger partial charge is 0.465 e. The number of nitrogens with one attached hydrogen (secondary N) is 1. The van der Waals surface area contributed by atoms with Gasteiger partial charge in [-0.05, 0) is 25.1 Å². The monoisotopic (exact) mass is 354 g/mol. The third-order valence-corrected chi connectivity index (χ3v) is 4.18. The first-order valence-electron chi connectivity index (χ1n) is 6.27. The van der Waals surface area contributed by atoms with Crippen molar-refractivity contribution in [3.63, 3.8) is 0 Å². The number of halogens is 1. The number of anilines is 1. The molecule has 23 heavy (non-hydrogen) atoms. The zero-order chi connectivity index (χ0) is 17.1. The van der Waals surface area contributed by atoms with Crippen molar-refractivity contribution in [1.82, 2.24) is 0 Å². The van der Waals surface area contributed by atoms with E-state index in [9.17, 15) is 19.7 Å². The Hall–Kier alpha value is -2.45. The lowest BCUT2D eigenvalue weighted by Gasteiger charge is -2.06. The quantitative estimate of drug-likeness (QED) is 0.513. The van der Waals surface area contributed by atoms with Gasteiger partial charge in [0.2, 0.25) is 0 Å². The summed E-state index contributed by atoms with van der Waals surface area (Å²) in [7, 11) is 1.24. The van der Waals surface area contributed by atoms with Crippen LogP contribution in [0.1, 0.15) is 25.6 Å². The van der Waals surface area contributed by atoms with Crippen LogP contribution in [-0.2, 0) is 4.74 Å². The number of esters is 1. The van der Waals surface area contributed by atoms with Crippen LogP contribution in [0.15, 0.2) is 24.3 Å². The molecule has 9 heteroatoms. The summed E-state index contributed by atoms with van der Waals surface area (Å²) in [6, 6.07) is 5.31. The van der Waals surface area contributed by atoms with Crippen molar-refractivity contribution in [3.8, 4) is 0 Å². The zero-order valence-corrected chi connectivity index (χ0v) is 13.7. The molecule has 0 atom stereocenters. The molecule has 1 amide bonds. The Morgan fingerprint density at radius 3 is 2.65 bits per heavy atom. The molecule has 0 spiro atoms. The van der Waals surface area contributed by atoms with Gasteiger partial charge in [0, 0.05) is 16.5 Å². The maximum Gasteiger partial charge on any atom is 0.340 e. The number of nitro groups is 1. The number of hydrogen-bond donors (Lipinski definition) is 1. The van der Waals surface area contributed by atoms with Crippen LogP contribution in [0.3, 0.4) is 0 Å². The Bertz CT molecular complexity index is 802. The number of ether oxygens (including phenoxy) is 1. The highest BCUT2D eigenvalue weighted by molar-refractivity contribution is 7.16. The first-order valence-corrected chi connectivity index (χ1v) is 7.47. The van der Waals surface area contributed by atoms with E-state index < -0.39 is 16.8 Å². The lowest BCUT2D eigenvalue weighted by atomic mass is 10.2. The summed E-state index contributed by atoms with van der Waals surface area (Å²) in [6.07, 6.45) is 0. The van der Waals surface area contributed by atoms with Crippen molar-refractivity contribution in [2.45, 2.75) is 6.92 Å². The van der Waals surface area contributed by atoms with E-state index in [1.54, 1.807) is 13.0 Å². The van der Waals surface area contributed by atoms with Crippen molar-refractivity contribution in [3.05, 3.63) is 55.4 Å². The topological polar surface area (TPSA) is 98.5 Å². The molecule has 2 rings (SSSR count). The molecule has 0 aliphatic rings. The molecular weight excluding hydrogens is 344 g/mol. The standard InChI is InChI=1S/C14H11ClN2O5S/c1-7-5-9(14(19)22-2)13(23-7)16-12(18)8-3-4-10(15)11(6-8)17(20)21/h3-6H,1-2H3,(H,16,18). The number of thiophene rings is 1. The summed E-state index contributed by atoms with van der Waals surface area (Å²) < 4.78 is 4.65. The Morgan fingerprint density at radius 2 is 2.04 bits per heavy atom. The van der Waals surface area contributed by atoms with E-state index in [4.69, 9.17) is 11.6 Å². The summed E-state index contributed by atoms with van der Waals surface area (Å²) in [6.45, 7) is 1.78. The maximum atomic E-state index is 12.3. The van der Waals surface area contributed by atoms with Gasteiger partial charge in [-0.15, -0.1) is 11.3 Å². The molecule has 1 aromatic carbocycles. The van der Waals surface area contributed by atoms with E-state index in [-0.39, 0.29) is 21.8 Å². The molecule has 0 unspecified atom stereocenters. The number of nitrogens with zero attached hydrogens (tertiary/aromatic N) is 1. The minimum absolute atomic E-state index is 0.0583. The first-order chi connectivity index (χ1) is 10.8. The van der Waals surface area contributed by atoms with E-state index in [0.717, 1.165) is 10.9 Å². The summed E-state index contributed by atoms with van der Waals surface area (Å²) >= 11 is 6.91. The van der Waals surface area contributed by atoms with Crippen LogP contribution < -0.4 is 5.32 Å². The minimum Gasteiger partial charge on any atom is -0.465 e. The van der Waals surface area contributed by atoms with Crippen LogP contribution in [0, 0.1) is 17.0 Å². The summed E-state index contributed by atoms with van der Waals surface area (Å²) in [5.41, 5.74) is -0.0790. The molecule has 1 N–H and O–H groups in total. The Labute approximate surface area is 140 Å².